The summed E-state index contributed by atoms with van der Waals surface area (Å²) >= 11 is 0. The van der Waals surface area contributed by atoms with Gasteiger partial charge >= 0.3 is 0 Å². The van der Waals surface area contributed by atoms with E-state index in [1.54, 1.807) is 0 Å². The van der Waals surface area contributed by atoms with Crippen molar-refractivity contribution in [1.29, 1.82) is 0 Å². The molecule has 1 saturated heterocycles. The van der Waals surface area contributed by atoms with Crippen LogP contribution in [0.3, 0.4) is 0 Å². The number of aromatic nitrogens is 2. The van der Waals surface area contributed by atoms with Gasteiger partial charge in [-0.1, -0.05) is 18.6 Å². The molecule has 0 bridgehead atoms. The first kappa shape index (κ1) is 18.4. The molecule has 0 radical (unpaired) electrons. The third-order valence-electron chi connectivity index (χ3n) is 6.81. The number of Topliss-reactive ketones (excluding diaryl/α,β-unsaturated/α-hetero) is 1. The number of carbonyl (C=O) groups is 1. The van der Waals surface area contributed by atoms with Crippen molar-refractivity contribution in [3.63, 3.8) is 0 Å². The molecule has 5 rings (SSSR count). The van der Waals surface area contributed by atoms with Gasteiger partial charge in [-0.25, -0.2) is 4.68 Å². The molecule has 0 amide bonds. The molecular weight excluding hydrogens is 366 g/mol. The first-order chi connectivity index (χ1) is 14.0. The number of benzene rings is 1. The fourth-order valence-electron chi connectivity index (χ4n) is 4.91. The van der Waals surface area contributed by atoms with Gasteiger partial charge in [-0.3, -0.25) is 9.59 Å². The van der Waals surface area contributed by atoms with E-state index in [1.165, 1.54) is 35.9 Å². The zero-order chi connectivity index (χ0) is 20.0. The zero-order valence-corrected chi connectivity index (χ0v) is 16.9. The molecule has 29 heavy (non-hydrogen) atoms. The smallest absolute Gasteiger partial charge is 0.270 e. The lowest BCUT2D eigenvalue weighted by Crippen LogP contribution is -2.35. The number of fused-ring (bicyclic) bond motifs is 1. The number of aryl methyl sites for hydroxylation is 1. The van der Waals surface area contributed by atoms with E-state index in [-0.39, 0.29) is 24.3 Å². The van der Waals surface area contributed by atoms with Gasteiger partial charge in [0.2, 0.25) is 0 Å². The standard InChI is InChI=1S/C23H27N3O3/c1-16-11-21(25-9-8-23(15-25)6-2-7-23)24-26(22(16)28)14-19(27)12-17-3-4-18-5-10-29-20(18)13-17/h3-4,11,13H,2,5-10,12,14-15H2,1H3. The van der Waals surface area contributed by atoms with E-state index < -0.39 is 0 Å². The van der Waals surface area contributed by atoms with Gasteiger partial charge in [-0.05, 0) is 54.9 Å². The molecule has 1 aliphatic carbocycles. The summed E-state index contributed by atoms with van der Waals surface area (Å²) in [5.41, 5.74) is 3.03. The van der Waals surface area contributed by atoms with Crippen LogP contribution in [-0.2, 0) is 24.2 Å². The van der Waals surface area contributed by atoms with Crippen molar-refractivity contribution >= 4 is 11.6 Å². The molecule has 2 fully saturated rings. The Morgan fingerprint density at radius 1 is 1.24 bits per heavy atom. The highest BCUT2D eigenvalue weighted by Crippen LogP contribution is 2.48. The number of hydrogen-bond acceptors (Lipinski definition) is 5. The number of rotatable bonds is 5. The molecule has 152 valence electrons. The first-order valence-corrected chi connectivity index (χ1v) is 10.6. The topological polar surface area (TPSA) is 64.4 Å². The van der Waals surface area contributed by atoms with E-state index >= 15 is 0 Å². The average Bonchev–Trinajstić information content (AvgIpc) is 3.31. The lowest BCUT2D eigenvalue weighted by atomic mass is 9.68. The molecule has 3 aliphatic rings. The van der Waals surface area contributed by atoms with Crippen molar-refractivity contribution in [1.82, 2.24) is 9.78 Å². The third kappa shape index (κ3) is 3.45. The van der Waals surface area contributed by atoms with Crippen molar-refractivity contribution in [2.24, 2.45) is 5.41 Å². The second kappa shape index (κ2) is 7.01. The molecule has 6 nitrogen and oxygen atoms in total. The number of anilines is 1. The maximum absolute atomic E-state index is 12.7. The Morgan fingerprint density at radius 2 is 2.10 bits per heavy atom. The summed E-state index contributed by atoms with van der Waals surface area (Å²) in [7, 11) is 0. The van der Waals surface area contributed by atoms with Crippen LogP contribution < -0.4 is 15.2 Å². The largest absolute Gasteiger partial charge is 0.493 e. The van der Waals surface area contributed by atoms with Crippen LogP contribution in [0, 0.1) is 12.3 Å². The van der Waals surface area contributed by atoms with Crippen molar-refractivity contribution in [2.75, 3.05) is 24.6 Å². The van der Waals surface area contributed by atoms with Crippen molar-refractivity contribution in [3.8, 4) is 5.75 Å². The van der Waals surface area contributed by atoms with Crippen LogP contribution in [0.5, 0.6) is 5.75 Å². The molecule has 1 aromatic carbocycles. The minimum atomic E-state index is -0.183. The summed E-state index contributed by atoms with van der Waals surface area (Å²) in [5.74, 6) is 1.68. The summed E-state index contributed by atoms with van der Waals surface area (Å²) in [5, 5.41) is 4.56. The summed E-state index contributed by atoms with van der Waals surface area (Å²) in [6.45, 7) is 4.51. The fraction of sp³-hybridized carbons (Fsp3) is 0.522. The first-order valence-electron chi connectivity index (χ1n) is 10.6. The van der Waals surface area contributed by atoms with Gasteiger partial charge in [0.1, 0.15) is 18.1 Å². The SMILES string of the molecule is Cc1cc(N2CCC3(CCC3)C2)nn(CC(=O)Cc2ccc3c(c2)OCC3)c1=O. The second-order valence-electron chi connectivity index (χ2n) is 8.93. The van der Waals surface area contributed by atoms with E-state index in [9.17, 15) is 9.59 Å². The molecule has 1 aromatic heterocycles. The van der Waals surface area contributed by atoms with Gasteiger partial charge in [0.05, 0.1) is 6.61 Å². The monoisotopic (exact) mass is 393 g/mol. The summed E-state index contributed by atoms with van der Waals surface area (Å²) in [4.78, 5) is 27.5. The fourth-order valence-corrected chi connectivity index (χ4v) is 4.91. The Morgan fingerprint density at radius 3 is 2.86 bits per heavy atom. The van der Waals surface area contributed by atoms with Crippen molar-refractivity contribution in [2.45, 2.75) is 52.0 Å². The Kier molecular flexibility index (Phi) is 4.45. The molecule has 1 spiro atoms. The molecule has 6 heteroatoms. The van der Waals surface area contributed by atoms with Crippen LogP contribution >= 0.6 is 0 Å². The zero-order valence-electron chi connectivity index (χ0n) is 16.9. The molecular formula is C23H27N3O3. The van der Waals surface area contributed by atoms with Crippen LogP contribution in [0.2, 0.25) is 0 Å². The van der Waals surface area contributed by atoms with E-state index in [0.717, 1.165) is 36.6 Å². The molecule has 0 unspecified atom stereocenters. The van der Waals surface area contributed by atoms with Gasteiger partial charge in [-0.2, -0.15) is 5.10 Å². The number of nitrogens with zero attached hydrogens (tertiary/aromatic N) is 3. The van der Waals surface area contributed by atoms with E-state index in [4.69, 9.17) is 4.74 Å². The summed E-state index contributed by atoms with van der Waals surface area (Å²) in [6, 6.07) is 7.83. The van der Waals surface area contributed by atoms with Crippen LogP contribution in [0.15, 0.2) is 29.1 Å². The third-order valence-corrected chi connectivity index (χ3v) is 6.81. The highest BCUT2D eigenvalue weighted by molar-refractivity contribution is 5.80. The highest BCUT2D eigenvalue weighted by Gasteiger charge is 2.43. The molecule has 3 heterocycles. The Bertz CT molecular complexity index is 1020. The van der Waals surface area contributed by atoms with Gasteiger partial charge in [-0.15, -0.1) is 0 Å². The minimum absolute atomic E-state index is 0.00440. The van der Waals surface area contributed by atoms with Gasteiger partial charge in [0.15, 0.2) is 5.78 Å². The van der Waals surface area contributed by atoms with Crippen LogP contribution in [-0.4, -0.2) is 35.3 Å². The number of ketones is 1. The number of carbonyl (C=O) groups excluding carboxylic acids is 1. The van der Waals surface area contributed by atoms with E-state index in [1.807, 2.05) is 31.2 Å². The predicted octanol–water partition coefficient (Wildman–Crippen LogP) is 2.68. The van der Waals surface area contributed by atoms with Crippen LogP contribution in [0.1, 0.15) is 42.4 Å². The molecule has 2 aromatic rings. The highest BCUT2D eigenvalue weighted by atomic mass is 16.5. The lowest BCUT2D eigenvalue weighted by Gasteiger charge is -2.38. The molecule has 2 aliphatic heterocycles. The van der Waals surface area contributed by atoms with Crippen LogP contribution in [0.25, 0.3) is 0 Å². The van der Waals surface area contributed by atoms with Gasteiger partial charge in [0, 0.05) is 31.5 Å². The van der Waals surface area contributed by atoms with Crippen molar-refractivity contribution < 1.29 is 9.53 Å². The normalized spacial score (nSPS) is 19.1. The van der Waals surface area contributed by atoms with E-state index in [0.29, 0.717) is 17.6 Å². The van der Waals surface area contributed by atoms with Crippen molar-refractivity contribution in [3.05, 3.63) is 51.3 Å². The number of hydrogen-bond donors (Lipinski definition) is 0. The maximum atomic E-state index is 12.7. The molecule has 1 saturated carbocycles. The quantitative estimate of drug-likeness (QED) is 0.782. The second-order valence-corrected chi connectivity index (χ2v) is 8.93. The lowest BCUT2D eigenvalue weighted by molar-refractivity contribution is -0.119. The number of ether oxygens (including phenoxy) is 1. The average molecular weight is 393 g/mol. The molecule has 0 N–H and O–H groups in total. The summed E-state index contributed by atoms with van der Waals surface area (Å²) in [6.07, 6.45) is 6.32. The summed E-state index contributed by atoms with van der Waals surface area (Å²) < 4.78 is 6.94. The Labute approximate surface area is 170 Å². The Hall–Kier alpha value is -2.63. The molecule has 0 atom stereocenters. The van der Waals surface area contributed by atoms with Crippen LogP contribution in [0.4, 0.5) is 5.82 Å². The van der Waals surface area contributed by atoms with Gasteiger partial charge < -0.3 is 9.64 Å². The Balaban J connectivity index is 1.32. The maximum Gasteiger partial charge on any atom is 0.270 e. The van der Waals surface area contributed by atoms with Gasteiger partial charge in [0.25, 0.3) is 5.56 Å². The van der Waals surface area contributed by atoms with E-state index in [2.05, 4.69) is 10.00 Å². The minimum Gasteiger partial charge on any atom is -0.493 e. The predicted molar refractivity (Wildman–Crippen MR) is 111 cm³/mol.